The minimum Gasteiger partial charge on any atom is -0.326 e. The van der Waals surface area contributed by atoms with E-state index in [9.17, 15) is 0 Å². The Kier molecular flexibility index (Phi) is 3.62. The van der Waals surface area contributed by atoms with Crippen LogP contribution in [0.4, 0.5) is 0 Å². The SMILES string of the molecule is C[C@@H]1C[C@@H](N)[C@H](C)N(Cc2ccccc2)C1. The fraction of sp³-hybridized carbons (Fsp3) is 0.571. The van der Waals surface area contributed by atoms with Gasteiger partial charge in [-0.3, -0.25) is 4.90 Å². The van der Waals surface area contributed by atoms with Gasteiger partial charge in [0.15, 0.2) is 0 Å². The van der Waals surface area contributed by atoms with Crippen LogP contribution in [-0.2, 0) is 6.54 Å². The number of benzene rings is 1. The summed E-state index contributed by atoms with van der Waals surface area (Å²) >= 11 is 0. The predicted octanol–water partition coefficient (Wildman–Crippen LogP) is 2.24. The van der Waals surface area contributed by atoms with Crippen molar-refractivity contribution in [3.63, 3.8) is 0 Å². The summed E-state index contributed by atoms with van der Waals surface area (Å²) < 4.78 is 0. The van der Waals surface area contributed by atoms with Gasteiger partial charge in [0.2, 0.25) is 0 Å². The Morgan fingerprint density at radius 3 is 2.62 bits per heavy atom. The zero-order valence-electron chi connectivity index (χ0n) is 10.3. The number of likely N-dealkylation sites (tertiary alicyclic amines) is 1. The molecule has 1 fully saturated rings. The Morgan fingerprint density at radius 2 is 1.94 bits per heavy atom. The van der Waals surface area contributed by atoms with Crippen LogP contribution in [0.15, 0.2) is 30.3 Å². The number of hydrogen-bond acceptors (Lipinski definition) is 2. The molecule has 1 aromatic carbocycles. The molecule has 1 heterocycles. The topological polar surface area (TPSA) is 29.3 Å². The fourth-order valence-corrected chi connectivity index (χ4v) is 2.60. The molecule has 2 rings (SSSR count). The lowest BCUT2D eigenvalue weighted by Crippen LogP contribution is -2.52. The highest BCUT2D eigenvalue weighted by Gasteiger charge is 2.28. The summed E-state index contributed by atoms with van der Waals surface area (Å²) in [6.45, 7) is 6.74. The van der Waals surface area contributed by atoms with Crippen molar-refractivity contribution in [3.8, 4) is 0 Å². The second-order valence-corrected chi connectivity index (χ2v) is 5.16. The average molecular weight is 218 g/mol. The van der Waals surface area contributed by atoms with Gasteiger partial charge in [-0.15, -0.1) is 0 Å². The largest absolute Gasteiger partial charge is 0.326 e. The molecule has 0 aromatic heterocycles. The molecule has 0 aliphatic carbocycles. The Morgan fingerprint density at radius 1 is 1.25 bits per heavy atom. The van der Waals surface area contributed by atoms with Gasteiger partial charge in [-0.1, -0.05) is 37.3 Å². The molecule has 0 saturated carbocycles. The predicted molar refractivity (Wildman–Crippen MR) is 68.1 cm³/mol. The van der Waals surface area contributed by atoms with Crippen molar-refractivity contribution in [1.82, 2.24) is 4.90 Å². The Balaban J connectivity index is 2.03. The number of piperidine rings is 1. The van der Waals surface area contributed by atoms with Crippen LogP contribution < -0.4 is 5.73 Å². The average Bonchev–Trinajstić information content (AvgIpc) is 2.27. The van der Waals surface area contributed by atoms with Crippen molar-refractivity contribution in [3.05, 3.63) is 35.9 Å². The van der Waals surface area contributed by atoms with E-state index in [1.165, 1.54) is 12.1 Å². The summed E-state index contributed by atoms with van der Waals surface area (Å²) in [5.74, 6) is 0.718. The molecule has 0 radical (unpaired) electrons. The molecule has 0 unspecified atom stereocenters. The van der Waals surface area contributed by atoms with E-state index in [1.807, 2.05) is 0 Å². The van der Waals surface area contributed by atoms with Crippen molar-refractivity contribution in [2.75, 3.05) is 6.54 Å². The Labute approximate surface area is 98.4 Å². The van der Waals surface area contributed by atoms with Gasteiger partial charge in [0.1, 0.15) is 0 Å². The summed E-state index contributed by atoms with van der Waals surface area (Å²) in [5.41, 5.74) is 7.56. The zero-order valence-corrected chi connectivity index (χ0v) is 10.3. The first kappa shape index (κ1) is 11.6. The van der Waals surface area contributed by atoms with Crippen LogP contribution in [0.3, 0.4) is 0 Å². The first-order chi connectivity index (χ1) is 7.66. The second kappa shape index (κ2) is 4.98. The van der Waals surface area contributed by atoms with E-state index in [2.05, 4.69) is 49.1 Å². The van der Waals surface area contributed by atoms with Gasteiger partial charge in [0.05, 0.1) is 0 Å². The van der Waals surface area contributed by atoms with Crippen LogP contribution in [0.1, 0.15) is 25.8 Å². The third-order valence-electron chi connectivity index (χ3n) is 3.64. The molecular formula is C14H22N2. The van der Waals surface area contributed by atoms with Crippen LogP contribution in [0.5, 0.6) is 0 Å². The van der Waals surface area contributed by atoms with Crippen LogP contribution in [0.25, 0.3) is 0 Å². The third kappa shape index (κ3) is 2.63. The molecule has 16 heavy (non-hydrogen) atoms. The van der Waals surface area contributed by atoms with Gasteiger partial charge in [-0.25, -0.2) is 0 Å². The van der Waals surface area contributed by atoms with Gasteiger partial charge in [0, 0.05) is 25.2 Å². The minimum atomic E-state index is 0.326. The van der Waals surface area contributed by atoms with Crippen LogP contribution in [-0.4, -0.2) is 23.5 Å². The normalized spacial score (nSPS) is 31.6. The minimum absolute atomic E-state index is 0.326. The smallest absolute Gasteiger partial charge is 0.0237 e. The van der Waals surface area contributed by atoms with E-state index in [4.69, 9.17) is 5.73 Å². The molecule has 0 bridgehead atoms. The zero-order chi connectivity index (χ0) is 11.5. The summed E-state index contributed by atoms with van der Waals surface area (Å²) in [5, 5.41) is 0. The molecule has 1 aliphatic rings. The number of hydrogen-bond donors (Lipinski definition) is 1. The van der Waals surface area contributed by atoms with Crippen LogP contribution in [0, 0.1) is 5.92 Å². The molecule has 88 valence electrons. The molecule has 0 spiro atoms. The number of nitrogens with two attached hydrogens (primary N) is 1. The highest BCUT2D eigenvalue weighted by atomic mass is 15.2. The highest BCUT2D eigenvalue weighted by molar-refractivity contribution is 5.14. The first-order valence-corrected chi connectivity index (χ1v) is 6.20. The summed E-state index contributed by atoms with van der Waals surface area (Å²) in [7, 11) is 0. The summed E-state index contributed by atoms with van der Waals surface area (Å²) in [4.78, 5) is 2.51. The lowest BCUT2D eigenvalue weighted by Gasteiger charge is -2.40. The van der Waals surface area contributed by atoms with E-state index in [0.717, 1.165) is 18.9 Å². The summed E-state index contributed by atoms with van der Waals surface area (Å²) in [6.07, 6.45) is 1.16. The molecule has 1 aromatic rings. The van der Waals surface area contributed by atoms with Crippen molar-refractivity contribution >= 4 is 0 Å². The van der Waals surface area contributed by atoms with Crippen LogP contribution in [0.2, 0.25) is 0 Å². The van der Waals surface area contributed by atoms with Crippen molar-refractivity contribution in [2.45, 2.75) is 38.9 Å². The van der Waals surface area contributed by atoms with Gasteiger partial charge in [-0.05, 0) is 24.8 Å². The maximum Gasteiger partial charge on any atom is 0.0237 e. The monoisotopic (exact) mass is 218 g/mol. The van der Waals surface area contributed by atoms with Gasteiger partial charge in [0.25, 0.3) is 0 Å². The van der Waals surface area contributed by atoms with Crippen molar-refractivity contribution in [2.24, 2.45) is 11.7 Å². The standard InChI is InChI=1S/C14H22N2/c1-11-8-14(15)12(2)16(9-11)10-13-6-4-3-5-7-13/h3-7,11-12,14H,8-10,15H2,1-2H3/t11-,12+,14-/m1/s1. The molecule has 2 nitrogen and oxygen atoms in total. The van der Waals surface area contributed by atoms with E-state index in [1.54, 1.807) is 0 Å². The molecule has 3 atom stereocenters. The molecule has 2 heteroatoms. The highest BCUT2D eigenvalue weighted by Crippen LogP contribution is 2.22. The molecule has 1 saturated heterocycles. The molecular weight excluding hydrogens is 196 g/mol. The maximum absolute atomic E-state index is 6.17. The summed E-state index contributed by atoms with van der Waals surface area (Å²) in [6, 6.07) is 11.5. The quantitative estimate of drug-likeness (QED) is 0.825. The molecule has 1 aliphatic heterocycles. The lowest BCUT2D eigenvalue weighted by atomic mass is 9.90. The van der Waals surface area contributed by atoms with Crippen LogP contribution >= 0.6 is 0 Å². The van der Waals surface area contributed by atoms with Gasteiger partial charge >= 0.3 is 0 Å². The molecule has 0 amide bonds. The first-order valence-electron chi connectivity index (χ1n) is 6.20. The Bertz CT molecular complexity index is 323. The fourth-order valence-electron chi connectivity index (χ4n) is 2.60. The third-order valence-corrected chi connectivity index (χ3v) is 3.64. The Hall–Kier alpha value is -0.860. The maximum atomic E-state index is 6.17. The van der Waals surface area contributed by atoms with Crippen molar-refractivity contribution in [1.29, 1.82) is 0 Å². The van der Waals surface area contributed by atoms with E-state index >= 15 is 0 Å². The molecule has 2 N–H and O–H groups in total. The van der Waals surface area contributed by atoms with E-state index in [0.29, 0.717) is 12.1 Å². The van der Waals surface area contributed by atoms with E-state index < -0.39 is 0 Å². The number of rotatable bonds is 2. The number of nitrogens with zero attached hydrogens (tertiary/aromatic N) is 1. The van der Waals surface area contributed by atoms with E-state index in [-0.39, 0.29) is 0 Å². The van der Waals surface area contributed by atoms with Gasteiger partial charge < -0.3 is 5.73 Å². The van der Waals surface area contributed by atoms with Gasteiger partial charge in [-0.2, -0.15) is 0 Å². The lowest BCUT2D eigenvalue weighted by molar-refractivity contribution is 0.0986. The second-order valence-electron chi connectivity index (χ2n) is 5.16. The van der Waals surface area contributed by atoms with Crippen molar-refractivity contribution < 1.29 is 0 Å².